The van der Waals surface area contributed by atoms with Crippen LogP contribution in [-0.4, -0.2) is 14.3 Å². The van der Waals surface area contributed by atoms with E-state index in [1.807, 2.05) is 48.5 Å². The smallest absolute Gasteiger partial charge is 0.310 e. The molecule has 0 bridgehead atoms. The Labute approximate surface area is 166 Å². The molecule has 2 rings (SSSR count). The largest absolute Gasteiger partial charge is 0.543 e. The number of rotatable bonds is 6. The Hall–Kier alpha value is -1.59. The summed E-state index contributed by atoms with van der Waals surface area (Å²) in [5, 5.41) is 0.138. The van der Waals surface area contributed by atoms with Gasteiger partial charge in [0.1, 0.15) is 12.4 Å². The standard InChI is InChI=1S/C21H27BrO3Si/c1-21(2,3)26(4,5)25-18-12-11-17(19(22)14-18)13-20(23)24-15-16-9-7-6-8-10-16/h6-12,14H,13,15H2,1-5H3. The average Bonchev–Trinajstić information content (AvgIpc) is 2.55. The second-order valence-electron chi connectivity index (χ2n) is 7.94. The highest BCUT2D eigenvalue weighted by Gasteiger charge is 2.39. The first kappa shape index (κ1) is 20.7. The molecular formula is C21H27BrO3Si. The predicted molar refractivity (Wildman–Crippen MR) is 112 cm³/mol. The molecule has 2 aromatic carbocycles. The number of ether oxygens (including phenoxy) is 1. The minimum Gasteiger partial charge on any atom is -0.543 e. The third kappa shape index (κ3) is 5.71. The molecule has 0 aliphatic heterocycles. The number of hydrogen-bond acceptors (Lipinski definition) is 3. The van der Waals surface area contributed by atoms with Crippen molar-refractivity contribution in [2.24, 2.45) is 0 Å². The number of hydrogen-bond donors (Lipinski definition) is 0. The van der Waals surface area contributed by atoms with Crippen LogP contribution in [0.3, 0.4) is 0 Å². The minimum atomic E-state index is -1.88. The van der Waals surface area contributed by atoms with Gasteiger partial charge in [0.05, 0.1) is 6.42 Å². The molecule has 2 aromatic rings. The molecule has 0 fully saturated rings. The van der Waals surface area contributed by atoms with Crippen molar-refractivity contribution in [2.75, 3.05) is 0 Å². The van der Waals surface area contributed by atoms with Gasteiger partial charge < -0.3 is 9.16 Å². The third-order valence-corrected chi connectivity index (χ3v) is 9.88. The fraction of sp³-hybridized carbons (Fsp3) is 0.381. The molecule has 140 valence electrons. The van der Waals surface area contributed by atoms with Crippen LogP contribution in [0.5, 0.6) is 5.75 Å². The van der Waals surface area contributed by atoms with Crippen LogP contribution in [0.1, 0.15) is 31.9 Å². The monoisotopic (exact) mass is 434 g/mol. The lowest BCUT2D eigenvalue weighted by Crippen LogP contribution is -2.43. The molecule has 0 unspecified atom stereocenters. The van der Waals surface area contributed by atoms with Crippen LogP contribution in [0.2, 0.25) is 18.1 Å². The third-order valence-electron chi connectivity index (χ3n) is 4.78. The van der Waals surface area contributed by atoms with Crippen LogP contribution in [0.25, 0.3) is 0 Å². The van der Waals surface area contributed by atoms with Crippen molar-refractivity contribution in [3.05, 3.63) is 64.1 Å². The Morgan fingerprint density at radius 3 is 2.31 bits per heavy atom. The van der Waals surface area contributed by atoms with E-state index in [-0.39, 0.29) is 17.4 Å². The summed E-state index contributed by atoms with van der Waals surface area (Å²) in [5.41, 5.74) is 1.88. The first-order valence-corrected chi connectivity index (χ1v) is 12.5. The summed E-state index contributed by atoms with van der Waals surface area (Å²) in [5.74, 6) is 0.595. The van der Waals surface area contributed by atoms with Gasteiger partial charge in [0.2, 0.25) is 8.32 Å². The first-order valence-electron chi connectivity index (χ1n) is 8.75. The molecule has 5 heteroatoms. The summed E-state index contributed by atoms with van der Waals surface area (Å²) in [4.78, 5) is 12.1. The molecule has 0 spiro atoms. The van der Waals surface area contributed by atoms with E-state index in [0.29, 0.717) is 6.61 Å². The van der Waals surface area contributed by atoms with Crippen molar-refractivity contribution < 1.29 is 14.0 Å². The van der Waals surface area contributed by atoms with Gasteiger partial charge in [-0.15, -0.1) is 0 Å². The predicted octanol–water partition coefficient (Wildman–Crippen LogP) is 6.12. The van der Waals surface area contributed by atoms with Gasteiger partial charge in [0, 0.05) is 4.47 Å². The van der Waals surface area contributed by atoms with E-state index in [1.54, 1.807) is 0 Å². The Balaban J connectivity index is 1.97. The highest BCUT2D eigenvalue weighted by molar-refractivity contribution is 9.10. The summed E-state index contributed by atoms with van der Waals surface area (Å²) < 4.78 is 12.5. The average molecular weight is 435 g/mol. The maximum Gasteiger partial charge on any atom is 0.310 e. The van der Waals surface area contributed by atoms with Gasteiger partial charge in [-0.3, -0.25) is 4.79 Å². The van der Waals surface area contributed by atoms with Crippen molar-refractivity contribution in [1.29, 1.82) is 0 Å². The molecule has 0 radical (unpaired) electrons. The van der Waals surface area contributed by atoms with Crippen molar-refractivity contribution in [3.63, 3.8) is 0 Å². The van der Waals surface area contributed by atoms with E-state index in [2.05, 4.69) is 49.8 Å². The number of halogens is 1. The molecule has 0 aliphatic rings. The zero-order chi connectivity index (χ0) is 19.4. The summed E-state index contributed by atoms with van der Waals surface area (Å²) in [6.45, 7) is 11.4. The Kier molecular flexibility index (Phi) is 6.69. The normalized spacial score (nSPS) is 11.9. The van der Waals surface area contributed by atoms with Crippen LogP contribution in [0.15, 0.2) is 53.0 Å². The van der Waals surface area contributed by atoms with Gasteiger partial charge in [0.15, 0.2) is 0 Å². The van der Waals surface area contributed by atoms with Crippen LogP contribution < -0.4 is 4.43 Å². The zero-order valence-electron chi connectivity index (χ0n) is 16.1. The second-order valence-corrected chi connectivity index (χ2v) is 13.5. The van der Waals surface area contributed by atoms with E-state index in [1.165, 1.54) is 0 Å². The van der Waals surface area contributed by atoms with E-state index < -0.39 is 8.32 Å². The molecule has 0 atom stereocenters. The second kappa shape index (κ2) is 8.40. The topological polar surface area (TPSA) is 35.5 Å². The molecule has 3 nitrogen and oxygen atoms in total. The number of carbonyl (C=O) groups excluding carboxylic acids is 1. The zero-order valence-corrected chi connectivity index (χ0v) is 18.7. The highest BCUT2D eigenvalue weighted by Crippen LogP contribution is 2.38. The Morgan fingerprint density at radius 2 is 1.73 bits per heavy atom. The van der Waals surface area contributed by atoms with Gasteiger partial charge in [-0.25, -0.2) is 0 Å². The number of carbonyl (C=O) groups is 1. The molecule has 0 aliphatic carbocycles. The van der Waals surface area contributed by atoms with Crippen LogP contribution >= 0.6 is 15.9 Å². The maximum absolute atomic E-state index is 12.1. The molecule has 0 saturated carbocycles. The van der Waals surface area contributed by atoms with E-state index in [0.717, 1.165) is 21.3 Å². The lowest BCUT2D eigenvalue weighted by Gasteiger charge is -2.36. The Bertz CT molecular complexity index is 752. The maximum atomic E-state index is 12.1. The minimum absolute atomic E-state index is 0.138. The fourth-order valence-electron chi connectivity index (χ4n) is 2.13. The molecule has 0 N–H and O–H groups in total. The molecule has 26 heavy (non-hydrogen) atoms. The summed E-state index contributed by atoms with van der Waals surface area (Å²) in [7, 11) is -1.88. The van der Waals surface area contributed by atoms with Crippen molar-refractivity contribution in [2.45, 2.75) is 51.9 Å². The molecule has 0 heterocycles. The molecular weight excluding hydrogens is 408 g/mol. The van der Waals surface area contributed by atoms with E-state index in [4.69, 9.17) is 9.16 Å². The highest BCUT2D eigenvalue weighted by atomic mass is 79.9. The van der Waals surface area contributed by atoms with Crippen molar-refractivity contribution in [3.8, 4) is 5.75 Å². The summed E-state index contributed by atoms with van der Waals surface area (Å²) in [6, 6.07) is 15.5. The lowest BCUT2D eigenvalue weighted by atomic mass is 10.1. The number of benzene rings is 2. The fourth-order valence-corrected chi connectivity index (χ4v) is 3.65. The molecule has 0 amide bonds. The van der Waals surface area contributed by atoms with Gasteiger partial charge in [-0.2, -0.15) is 0 Å². The van der Waals surface area contributed by atoms with Gasteiger partial charge >= 0.3 is 5.97 Å². The lowest BCUT2D eigenvalue weighted by molar-refractivity contribution is -0.144. The van der Waals surface area contributed by atoms with Gasteiger partial charge in [0.25, 0.3) is 0 Å². The SMILES string of the molecule is CC(C)(C)[Si](C)(C)Oc1ccc(CC(=O)OCc2ccccc2)c(Br)c1. The van der Waals surface area contributed by atoms with Gasteiger partial charge in [-0.05, 0) is 41.4 Å². The Morgan fingerprint density at radius 1 is 1.08 bits per heavy atom. The molecule has 0 saturated heterocycles. The number of esters is 1. The van der Waals surface area contributed by atoms with Crippen LogP contribution in [0.4, 0.5) is 0 Å². The molecule has 0 aromatic heterocycles. The van der Waals surface area contributed by atoms with Crippen LogP contribution in [-0.2, 0) is 22.6 Å². The van der Waals surface area contributed by atoms with E-state index in [9.17, 15) is 4.79 Å². The van der Waals surface area contributed by atoms with E-state index >= 15 is 0 Å². The van der Waals surface area contributed by atoms with Crippen molar-refractivity contribution >= 4 is 30.2 Å². The first-order chi connectivity index (χ1) is 12.1. The van der Waals surface area contributed by atoms with Crippen LogP contribution in [0, 0.1) is 0 Å². The van der Waals surface area contributed by atoms with Crippen molar-refractivity contribution in [1.82, 2.24) is 0 Å². The summed E-state index contributed by atoms with van der Waals surface area (Å²) >= 11 is 3.56. The summed E-state index contributed by atoms with van der Waals surface area (Å²) in [6.07, 6.45) is 0.230. The van der Waals surface area contributed by atoms with Gasteiger partial charge in [-0.1, -0.05) is 73.1 Å². The quantitative estimate of drug-likeness (QED) is 0.405.